The van der Waals surface area contributed by atoms with Crippen molar-refractivity contribution in [3.05, 3.63) is 16.4 Å². The van der Waals surface area contributed by atoms with Crippen molar-refractivity contribution in [1.29, 1.82) is 0 Å². The van der Waals surface area contributed by atoms with Crippen LogP contribution in [0.4, 0.5) is 0 Å². The number of aryl methyl sites for hydroxylation is 2. The van der Waals surface area contributed by atoms with Crippen LogP contribution in [0.25, 0.3) is 0 Å². The Hall–Kier alpha value is -0.580. The average Bonchev–Trinajstić information content (AvgIpc) is 2.64. The number of aromatic nitrogens is 2. The van der Waals surface area contributed by atoms with E-state index in [9.17, 15) is 0 Å². The van der Waals surface area contributed by atoms with Gasteiger partial charge in [-0.3, -0.25) is 4.68 Å². The molecule has 4 nitrogen and oxygen atoms in total. The van der Waals surface area contributed by atoms with Crippen LogP contribution in [0.3, 0.4) is 0 Å². The van der Waals surface area contributed by atoms with Crippen LogP contribution in [-0.2, 0) is 24.6 Å². The Morgan fingerprint density at radius 1 is 1.44 bits per heavy atom. The maximum absolute atomic E-state index is 6.34. The summed E-state index contributed by atoms with van der Waals surface area (Å²) in [5.41, 5.74) is 2.05. The molecule has 0 amide bonds. The third-order valence-corrected chi connectivity index (χ3v) is 3.45. The number of nitrogens with one attached hydrogen (secondary N) is 1. The average molecular weight is 274 g/mol. The van der Waals surface area contributed by atoms with Crippen molar-refractivity contribution in [3.63, 3.8) is 0 Å². The largest absolute Gasteiger partial charge is 0.380 e. The standard InChI is InChI=1S/C13H24ClN3O/c1-5-7-18-9-10(15-3)8-12-13(14)11(6-2)16-17(12)4/h10,15H,5-9H2,1-4H3. The summed E-state index contributed by atoms with van der Waals surface area (Å²) in [7, 11) is 3.89. The molecule has 1 heterocycles. The van der Waals surface area contributed by atoms with E-state index in [1.54, 1.807) is 0 Å². The summed E-state index contributed by atoms with van der Waals surface area (Å²) >= 11 is 6.34. The van der Waals surface area contributed by atoms with Crippen LogP contribution in [-0.4, -0.2) is 36.1 Å². The fourth-order valence-corrected chi connectivity index (χ4v) is 2.26. The van der Waals surface area contributed by atoms with Gasteiger partial charge in [-0.2, -0.15) is 5.10 Å². The lowest BCUT2D eigenvalue weighted by atomic mass is 10.1. The first-order chi connectivity index (χ1) is 8.63. The molecule has 1 N–H and O–H groups in total. The molecule has 0 aliphatic carbocycles. The van der Waals surface area contributed by atoms with Gasteiger partial charge in [-0.15, -0.1) is 0 Å². The van der Waals surface area contributed by atoms with E-state index in [-0.39, 0.29) is 6.04 Å². The first-order valence-corrected chi connectivity index (χ1v) is 6.97. The molecule has 0 aromatic carbocycles. The quantitative estimate of drug-likeness (QED) is 0.738. The van der Waals surface area contributed by atoms with Gasteiger partial charge in [0.05, 0.1) is 23.0 Å². The van der Waals surface area contributed by atoms with Crippen molar-refractivity contribution in [1.82, 2.24) is 15.1 Å². The number of likely N-dealkylation sites (N-methyl/N-ethyl adjacent to an activating group) is 1. The van der Waals surface area contributed by atoms with Gasteiger partial charge >= 0.3 is 0 Å². The monoisotopic (exact) mass is 273 g/mol. The molecule has 104 valence electrons. The molecular weight excluding hydrogens is 250 g/mol. The second-order valence-corrected chi connectivity index (χ2v) is 4.83. The molecule has 0 fully saturated rings. The Balaban J connectivity index is 2.66. The smallest absolute Gasteiger partial charge is 0.0850 e. The topological polar surface area (TPSA) is 39.1 Å². The summed E-state index contributed by atoms with van der Waals surface area (Å²) in [6.45, 7) is 5.68. The third-order valence-electron chi connectivity index (χ3n) is 3.02. The zero-order valence-corrected chi connectivity index (χ0v) is 12.5. The van der Waals surface area contributed by atoms with Gasteiger partial charge < -0.3 is 10.1 Å². The second kappa shape index (κ2) is 7.77. The Bertz CT molecular complexity index is 365. The van der Waals surface area contributed by atoms with Crippen LogP contribution in [0.15, 0.2) is 0 Å². The van der Waals surface area contributed by atoms with E-state index in [1.807, 2.05) is 18.8 Å². The van der Waals surface area contributed by atoms with Crippen molar-refractivity contribution in [3.8, 4) is 0 Å². The first kappa shape index (κ1) is 15.5. The minimum atomic E-state index is 0.272. The Morgan fingerprint density at radius 3 is 2.67 bits per heavy atom. The van der Waals surface area contributed by atoms with Crippen LogP contribution >= 0.6 is 11.6 Å². The van der Waals surface area contributed by atoms with Crippen molar-refractivity contribution in [2.45, 2.75) is 39.2 Å². The highest BCUT2D eigenvalue weighted by Gasteiger charge is 2.17. The molecule has 0 radical (unpaired) electrons. The van der Waals surface area contributed by atoms with Crippen molar-refractivity contribution >= 4 is 11.6 Å². The lowest BCUT2D eigenvalue weighted by Gasteiger charge is -2.16. The molecule has 0 bridgehead atoms. The molecule has 1 atom stereocenters. The molecule has 5 heteroatoms. The summed E-state index contributed by atoms with van der Waals surface area (Å²) in [5.74, 6) is 0. The summed E-state index contributed by atoms with van der Waals surface area (Å²) in [6, 6.07) is 0.272. The van der Waals surface area contributed by atoms with Gasteiger partial charge in [-0.1, -0.05) is 25.4 Å². The highest BCUT2D eigenvalue weighted by molar-refractivity contribution is 6.31. The third kappa shape index (κ3) is 3.97. The number of nitrogens with zero attached hydrogens (tertiary/aromatic N) is 2. The Morgan fingerprint density at radius 2 is 2.17 bits per heavy atom. The van der Waals surface area contributed by atoms with E-state index >= 15 is 0 Å². The lowest BCUT2D eigenvalue weighted by molar-refractivity contribution is 0.113. The Labute approximate surface area is 115 Å². The lowest BCUT2D eigenvalue weighted by Crippen LogP contribution is -2.33. The molecular formula is C13H24ClN3O. The van der Waals surface area contributed by atoms with Crippen molar-refractivity contribution in [2.24, 2.45) is 7.05 Å². The first-order valence-electron chi connectivity index (χ1n) is 6.59. The van der Waals surface area contributed by atoms with Gasteiger partial charge in [-0.05, 0) is 19.9 Å². The normalized spacial score (nSPS) is 12.9. The fraction of sp³-hybridized carbons (Fsp3) is 0.769. The number of halogens is 1. The maximum Gasteiger partial charge on any atom is 0.0850 e. The van der Waals surface area contributed by atoms with Crippen molar-refractivity contribution < 1.29 is 4.74 Å². The highest BCUT2D eigenvalue weighted by atomic mass is 35.5. The summed E-state index contributed by atoms with van der Waals surface area (Å²) in [6.07, 6.45) is 2.74. The number of rotatable bonds is 8. The van der Waals surface area contributed by atoms with Gasteiger partial charge in [0, 0.05) is 26.1 Å². The molecule has 0 spiro atoms. The zero-order chi connectivity index (χ0) is 13.5. The molecule has 0 aliphatic heterocycles. The van der Waals surface area contributed by atoms with Gasteiger partial charge in [0.2, 0.25) is 0 Å². The van der Waals surface area contributed by atoms with E-state index < -0.39 is 0 Å². The Kier molecular flexibility index (Phi) is 6.68. The number of hydrogen-bond donors (Lipinski definition) is 1. The number of ether oxygens (including phenoxy) is 1. The molecule has 1 unspecified atom stereocenters. The van der Waals surface area contributed by atoms with Gasteiger partial charge in [-0.25, -0.2) is 0 Å². The van der Waals surface area contributed by atoms with Crippen molar-refractivity contribution in [2.75, 3.05) is 20.3 Å². The summed E-state index contributed by atoms with van der Waals surface area (Å²) in [4.78, 5) is 0. The van der Waals surface area contributed by atoms with Crippen LogP contribution in [0.5, 0.6) is 0 Å². The van der Waals surface area contributed by atoms with Crippen LogP contribution in [0, 0.1) is 0 Å². The SMILES string of the molecule is CCCOCC(Cc1c(Cl)c(CC)nn1C)NC. The minimum absolute atomic E-state index is 0.272. The molecule has 0 aliphatic rings. The molecule has 1 aromatic heterocycles. The molecule has 1 rings (SSSR count). The highest BCUT2D eigenvalue weighted by Crippen LogP contribution is 2.22. The van der Waals surface area contributed by atoms with E-state index in [4.69, 9.17) is 16.3 Å². The van der Waals surface area contributed by atoms with Crippen LogP contribution in [0.1, 0.15) is 31.7 Å². The maximum atomic E-state index is 6.34. The fourth-order valence-electron chi connectivity index (χ4n) is 1.89. The van der Waals surface area contributed by atoms with Gasteiger partial charge in [0.15, 0.2) is 0 Å². The zero-order valence-electron chi connectivity index (χ0n) is 11.8. The predicted octanol–water partition coefficient (Wildman–Crippen LogP) is 2.19. The minimum Gasteiger partial charge on any atom is -0.380 e. The summed E-state index contributed by atoms with van der Waals surface area (Å²) in [5, 5.41) is 8.50. The number of hydrogen-bond acceptors (Lipinski definition) is 3. The second-order valence-electron chi connectivity index (χ2n) is 4.45. The predicted molar refractivity (Wildman–Crippen MR) is 75.3 cm³/mol. The van der Waals surface area contributed by atoms with E-state index in [0.717, 1.165) is 42.3 Å². The van der Waals surface area contributed by atoms with E-state index in [1.165, 1.54) is 0 Å². The summed E-state index contributed by atoms with van der Waals surface area (Å²) < 4.78 is 7.47. The van der Waals surface area contributed by atoms with E-state index in [2.05, 4.69) is 24.3 Å². The van der Waals surface area contributed by atoms with Gasteiger partial charge in [0.25, 0.3) is 0 Å². The molecule has 0 saturated heterocycles. The van der Waals surface area contributed by atoms with Gasteiger partial charge in [0.1, 0.15) is 0 Å². The van der Waals surface area contributed by atoms with E-state index in [0.29, 0.717) is 6.61 Å². The van der Waals surface area contributed by atoms with Crippen LogP contribution in [0.2, 0.25) is 5.02 Å². The molecule has 18 heavy (non-hydrogen) atoms. The molecule has 1 aromatic rings. The molecule has 0 saturated carbocycles. The van der Waals surface area contributed by atoms with Crippen LogP contribution < -0.4 is 5.32 Å².